The van der Waals surface area contributed by atoms with Gasteiger partial charge in [0.2, 0.25) is 0 Å². The number of anilines is 1. The number of nitrogens with zero attached hydrogens (tertiary/aromatic N) is 2. The molecule has 3 nitrogen and oxygen atoms in total. The highest BCUT2D eigenvalue weighted by atomic mass is 32.2. The van der Waals surface area contributed by atoms with Crippen LogP contribution in [-0.4, -0.2) is 9.97 Å². The number of nitrogens with two attached hydrogens (primary N) is 1. The SMILES string of the molecule is CCCc1nc(N)c(C)c(Sc2cc(F)ccc2F)n1. The molecule has 0 amide bonds. The number of aromatic nitrogens is 2. The molecule has 0 aliphatic carbocycles. The van der Waals surface area contributed by atoms with Gasteiger partial charge in [-0.1, -0.05) is 18.7 Å². The minimum atomic E-state index is -0.484. The van der Waals surface area contributed by atoms with E-state index < -0.39 is 11.6 Å². The van der Waals surface area contributed by atoms with Crippen LogP contribution in [0, 0.1) is 18.6 Å². The van der Waals surface area contributed by atoms with Crippen molar-refractivity contribution in [3.05, 3.63) is 41.2 Å². The van der Waals surface area contributed by atoms with Crippen LogP contribution in [0.25, 0.3) is 0 Å². The molecule has 0 aliphatic heterocycles. The topological polar surface area (TPSA) is 51.8 Å². The molecular formula is C14H15F2N3S. The molecule has 0 fully saturated rings. The lowest BCUT2D eigenvalue weighted by atomic mass is 10.3. The summed E-state index contributed by atoms with van der Waals surface area (Å²) in [6.07, 6.45) is 1.59. The number of rotatable bonds is 4. The maximum absolute atomic E-state index is 13.7. The van der Waals surface area contributed by atoms with Crippen LogP contribution in [0.15, 0.2) is 28.1 Å². The highest BCUT2D eigenvalue weighted by Gasteiger charge is 2.13. The second-order valence-corrected chi connectivity index (χ2v) is 5.41. The van der Waals surface area contributed by atoms with Gasteiger partial charge in [0.25, 0.3) is 0 Å². The molecule has 0 radical (unpaired) electrons. The van der Waals surface area contributed by atoms with Crippen molar-refractivity contribution >= 4 is 17.6 Å². The fourth-order valence-corrected chi connectivity index (χ4v) is 2.61. The molecule has 0 unspecified atom stereocenters. The number of benzene rings is 1. The van der Waals surface area contributed by atoms with Crippen molar-refractivity contribution in [2.45, 2.75) is 36.6 Å². The quantitative estimate of drug-likeness (QED) is 0.873. The van der Waals surface area contributed by atoms with Crippen LogP contribution in [0.2, 0.25) is 0 Å². The van der Waals surface area contributed by atoms with Gasteiger partial charge in [-0.2, -0.15) is 0 Å². The van der Waals surface area contributed by atoms with Crippen LogP contribution in [0.3, 0.4) is 0 Å². The van der Waals surface area contributed by atoms with Gasteiger partial charge in [-0.05, 0) is 31.5 Å². The van der Waals surface area contributed by atoms with Crippen molar-refractivity contribution in [2.24, 2.45) is 0 Å². The van der Waals surface area contributed by atoms with Crippen LogP contribution < -0.4 is 5.73 Å². The van der Waals surface area contributed by atoms with Gasteiger partial charge in [-0.15, -0.1) is 0 Å². The Labute approximate surface area is 120 Å². The molecule has 1 aromatic carbocycles. The second-order valence-electron chi connectivity index (χ2n) is 4.38. The molecule has 0 atom stereocenters. The van der Waals surface area contributed by atoms with Crippen molar-refractivity contribution in [1.82, 2.24) is 9.97 Å². The van der Waals surface area contributed by atoms with Gasteiger partial charge in [0.15, 0.2) is 0 Å². The van der Waals surface area contributed by atoms with Crippen molar-refractivity contribution < 1.29 is 8.78 Å². The van der Waals surface area contributed by atoms with Crippen LogP contribution in [0.5, 0.6) is 0 Å². The van der Waals surface area contributed by atoms with Gasteiger partial charge in [0, 0.05) is 12.0 Å². The normalized spacial score (nSPS) is 10.8. The maximum Gasteiger partial charge on any atom is 0.137 e. The van der Waals surface area contributed by atoms with E-state index in [0.717, 1.165) is 36.4 Å². The number of nitrogen functional groups attached to an aromatic ring is 1. The Kier molecular flexibility index (Phi) is 4.54. The summed E-state index contributed by atoms with van der Waals surface area (Å²) in [5.41, 5.74) is 6.52. The minimum absolute atomic E-state index is 0.189. The van der Waals surface area contributed by atoms with Gasteiger partial charge < -0.3 is 5.73 Å². The number of hydrogen-bond donors (Lipinski definition) is 1. The molecule has 2 N–H and O–H groups in total. The summed E-state index contributed by atoms with van der Waals surface area (Å²) >= 11 is 1.06. The van der Waals surface area contributed by atoms with E-state index in [0.29, 0.717) is 28.7 Å². The largest absolute Gasteiger partial charge is 0.383 e. The Morgan fingerprint density at radius 2 is 2.00 bits per heavy atom. The van der Waals surface area contributed by atoms with Crippen LogP contribution in [0.1, 0.15) is 24.7 Å². The summed E-state index contributed by atoms with van der Waals surface area (Å²) in [6.45, 7) is 3.78. The van der Waals surface area contributed by atoms with E-state index in [1.165, 1.54) is 0 Å². The van der Waals surface area contributed by atoms with E-state index in [2.05, 4.69) is 9.97 Å². The summed E-state index contributed by atoms with van der Waals surface area (Å²) in [5, 5.41) is 0.561. The van der Waals surface area contributed by atoms with E-state index in [1.54, 1.807) is 6.92 Å². The first-order chi connectivity index (χ1) is 9.51. The second kappa shape index (κ2) is 6.17. The van der Waals surface area contributed by atoms with Gasteiger partial charge in [0.05, 0.1) is 4.90 Å². The van der Waals surface area contributed by atoms with Crippen molar-refractivity contribution in [2.75, 3.05) is 5.73 Å². The molecule has 0 saturated heterocycles. The third-order valence-corrected chi connectivity index (χ3v) is 3.88. The Bertz CT molecular complexity index is 632. The van der Waals surface area contributed by atoms with Gasteiger partial charge in [-0.25, -0.2) is 18.7 Å². The lowest BCUT2D eigenvalue weighted by Gasteiger charge is -2.09. The molecule has 2 aromatic rings. The fourth-order valence-electron chi connectivity index (χ4n) is 1.65. The van der Waals surface area contributed by atoms with Crippen molar-refractivity contribution in [3.8, 4) is 0 Å². The average Bonchev–Trinajstić information content (AvgIpc) is 2.40. The predicted molar refractivity (Wildman–Crippen MR) is 75.7 cm³/mol. The monoisotopic (exact) mass is 295 g/mol. The van der Waals surface area contributed by atoms with E-state index in [4.69, 9.17) is 5.73 Å². The van der Waals surface area contributed by atoms with Crippen molar-refractivity contribution in [3.63, 3.8) is 0 Å². The Morgan fingerprint density at radius 1 is 1.25 bits per heavy atom. The van der Waals surface area contributed by atoms with Gasteiger partial charge in [-0.3, -0.25) is 0 Å². The molecule has 106 valence electrons. The zero-order valence-electron chi connectivity index (χ0n) is 11.3. The summed E-state index contributed by atoms with van der Waals surface area (Å²) < 4.78 is 26.9. The first kappa shape index (κ1) is 14.7. The molecule has 1 heterocycles. The average molecular weight is 295 g/mol. The first-order valence-electron chi connectivity index (χ1n) is 6.27. The third kappa shape index (κ3) is 3.25. The fraction of sp³-hybridized carbons (Fsp3) is 0.286. The molecule has 2 rings (SSSR count). The Morgan fingerprint density at radius 3 is 2.70 bits per heavy atom. The Hall–Kier alpha value is -1.69. The predicted octanol–water partition coefficient (Wildman–Crippen LogP) is 3.75. The summed E-state index contributed by atoms with van der Waals surface area (Å²) in [5.74, 6) is 0.0325. The first-order valence-corrected chi connectivity index (χ1v) is 7.08. The molecule has 0 saturated carbocycles. The Balaban J connectivity index is 2.39. The van der Waals surface area contributed by atoms with Gasteiger partial charge >= 0.3 is 0 Å². The highest BCUT2D eigenvalue weighted by molar-refractivity contribution is 7.99. The number of hydrogen-bond acceptors (Lipinski definition) is 4. The lowest BCUT2D eigenvalue weighted by Crippen LogP contribution is -2.04. The molecule has 1 aromatic heterocycles. The standard InChI is InChI=1S/C14H15F2N3S/c1-3-4-12-18-13(17)8(2)14(19-12)20-11-7-9(15)5-6-10(11)16/h5-7H,3-4H2,1-2H3,(H2,17,18,19). The zero-order chi connectivity index (χ0) is 14.7. The van der Waals surface area contributed by atoms with Crippen molar-refractivity contribution in [1.29, 1.82) is 0 Å². The van der Waals surface area contributed by atoms with Crippen LogP contribution >= 0.6 is 11.8 Å². The molecule has 0 aliphatic rings. The molecule has 0 bridgehead atoms. The van der Waals surface area contributed by atoms with Gasteiger partial charge in [0.1, 0.15) is 28.3 Å². The van der Waals surface area contributed by atoms with Crippen LogP contribution in [-0.2, 0) is 6.42 Å². The summed E-state index contributed by atoms with van der Waals surface area (Å²) in [7, 11) is 0. The highest BCUT2D eigenvalue weighted by Crippen LogP contribution is 2.32. The zero-order valence-corrected chi connectivity index (χ0v) is 12.1. The summed E-state index contributed by atoms with van der Waals surface area (Å²) in [6, 6.07) is 3.34. The van der Waals surface area contributed by atoms with E-state index in [1.807, 2.05) is 6.92 Å². The van der Waals surface area contributed by atoms with E-state index in [9.17, 15) is 8.78 Å². The van der Waals surface area contributed by atoms with E-state index in [-0.39, 0.29) is 4.90 Å². The molecule has 20 heavy (non-hydrogen) atoms. The summed E-state index contributed by atoms with van der Waals surface area (Å²) in [4.78, 5) is 8.75. The van der Waals surface area contributed by atoms with E-state index >= 15 is 0 Å². The minimum Gasteiger partial charge on any atom is -0.383 e. The molecule has 6 heteroatoms. The smallest absolute Gasteiger partial charge is 0.137 e. The maximum atomic E-state index is 13.7. The molecule has 0 spiro atoms. The third-order valence-electron chi connectivity index (χ3n) is 2.76. The number of halogens is 2. The van der Waals surface area contributed by atoms with Crippen LogP contribution in [0.4, 0.5) is 14.6 Å². The lowest BCUT2D eigenvalue weighted by molar-refractivity contribution is 0.577. The molecular weight excluding hydrogens is 280 g/mol. The number of aryl methyl sites for hydroxylation is 1.